The quantitative estimate of drug-likeness (QED) is 0.936. The van der Waals surface area contributed by atoms with Crippen molar-refractivity contribution in [3.05, 3.63) is 45.7 Å². The predicted octanol–water partition coefficient (Wildman–Crippen LogP) is 3.73. The molecule has 112 valence electrons. The van der Waals surface area contributed by atoms with Gasteiger partial charge >= 0.3 is 0 Å². The van der Waals surface area contributed by atoms with Crippen molar-refractivity contribution in [2.75, 3.05) is 12.8 Å². The summed E-state index contributed by atoms with van der Waals surface area (Å²) in [5, 5.41) is 0.509. The van der Waals surface area contributed by atoms with Crippen LogP contribution in [0.25, 0.3) is 11.3 Å². The maximum Gasteiger partial charge on any atom is 0.274 e. The number of nitrogens with two attached hydrogens (primary N) is 1. The number of rotatable bonds is 4. The van der Waals surface area contributed by atoms with Crippen LogP contribution in [0.4, 0.5) is 5.69 Å². The van der Waals surface area contributed by atoms with Crippen LogP contribution in [-0.2, 0) is 0 Å². The van der Waals surface area contributed by atoms with Crippen LogP contribution in [0.2, 0.25) is 5.02 Å². The fraction of sp³-hybridized carbons (Fsp3) is 0.312. The summed E-state index contributed by atoms with van der Waals surface area (Å²) in [6, 6.07) is 9.01. The number of hydrogen-bond donors (Lipinski definition) is 1. The SMILES string of the molecule is CCC(C)n1c(-c2ccc(OC)c(Cl)c2)ccc(N)c1=O. The van der Waals surface area contributed by atoms with Crippen LogP contribution in [-0.4, -0.2) is 11.7 Å². The third-order valence-corrected chi connectivity index (χ3v) is 3.92. The number of ether oxygens (including phenoxy) is 1. The highest BCUT2D eigenvalue weighted by molar-refractivity contribution is 6.32. The lowest BCUT2D eigenvalue weighted by atomic mass is 10.1. The molecule has 1 atom stereocenters. The number of halogens is 1. The molecule has 0 fully saturated rings. The first-order valence-electron chi connectivity index (χ1n) is 6.84. The Morgan fingerprint density at radius 2 is 2.05 bits per heavy atom. The minimum Gasteiger partial charge on any atom is -0.495 e. The standard InChI is InChI=1S/C16H19ClN2O2/c1-4-10(2)19-14(7-6-13(18)16(19)20)11-5-8-15(21-3)12(17)9-11/h5-10H,4,18H2,1-3H3. The molecule has 0 saturated heterocycles. The van der Waals surface area contributed by atoms with Gasteiger partial charge in [0.15, 0.2) is 0 Å². The molecule has 0 spiro atoms. The first kappa shape index (κ1) is 15.4. The summed E-state index contributed by atoms with van der Waals surface area (Å²) in [6.07, 6.45) is 0.834. The molecule has 0 amide bonds. The van der Waals surface area contributed by atoms with E-state index in [2.05, 4.69) is 0 Å². The van der Waals surface area contributed by atoms with Crippen LogP contribution in [0.1, 0.15) is 26.3 Å². The van der Waals surface area contributed by atoms with Crippen molar-refractivity contribution in [3.8, 4) is 17.0 Å². The average molecular weight is 307 g/mol. The van der Waals surface area contributed by atoms with Crippen molar-refractivity contribution in [1.82, 2.24) is 4.57 Å². The number of aromatic nitrogens is 1. The highest BCUT2D eigenvalue weighted by atomic mass is 35.5. The van der Waals surface area contributed by atoms with Gasteiger partial charge in [0.2, 0.25) is 0 Å². The van der Waals surface area contributed by atoms with Gasteiger partial charge < -0.3 is 15.0 Å². The number of benzene rings is 1. The molecule has 0 radical (unpaired) electrons. The largest absolute Gasteiger partial charge is 0.495 e. The molecule has 21 heavy (non-hydrogen) atoms. The summed E-state index contributed by atoms with van der Waals surface area (Å²) < 4.78 is 6.87. The van der Waals surface area contributed by atoms with E-state index in [4.69, 9.17) is 22.1 Å². The van der Waals surface area contributed by atoms with Crippen LogP contribution in [0.3, 0.4) is 0 Å². The van der Waals surface area contributed by atoms with Crippen LogP contribution in [0.5, 0.6) is 5.75 Å². The molecule has 0 saturated carbocycles. The van der Waals surface area contributed by atoms with Gasteiger partial charge in [0.05, 0.1) is 23.5 Å². The molecular weight excluding hydrogens is 288 g/mol. The minimum atomic E-state index is -0.172. The maximum atomic E-state index is 12.4. The summed E-state index contributed by atoms with van der Waals surface area (Å²) >= 11 is 6.18. The fourth-order valence-corrected chi connectivity index (χ4v) is 2.51. The van der Waals surface area contributed by atoms with Gasteiger partial charge in [-0.05, 0) is 49.2 Å². The number of methoxy groups -OCH3 is 1. The number of nitrogen functional groups attached to an aromatic ring is 1. The molecular formula is C16H19ClN2O2. The van der Waals surface area contributed by atoms with Crippen molar-refractivity contribution in [2.45, 2.75) is 26.3 Å². The number of pyridine rings is 1. The zero-order valence-corrected chi connectivity index (χ0v) is 13.1. The van der Waals surface area contributed by atoms with Gasteiger partial charge in [-0.1, -0.05) is 18.5 Å². The lowest BCUT2D eigenvalue weighted by Gasteiger charge is -2.19. The zero-order chi connectivity index (χ0) is 15.6. The number of hydrogen-bond acceptors (Lipinski definition) is 3. The Morgan fingerprint density at radius 3 is 2.62 bits per heavy atom. The van der Waals surface area contributed by atoms with E-state index in [0.717, 1.165) is 17.7 Å². The third kappa shape index (κ3) is 2.90. The lowest BCUT2D eigenvalue weighted by molar-refractivity contribution is 0.415. The monoisotopic (exact) mass is 306 g/mol. The van der Waals surface area contributed by atoms with E-state index in [1.807, 2.05) is 26.0 Å². The predicted molar refractivity (Wildman–Crippen MR) is 87.1 cm³/mol. The Balaban J connectivity index is 2.66. The summed E-state index contributed by atoms with van der Waals surface area (Å²) in [6.45, 7) is 4.03. The molecule has 5 heteroatoms. The van der Waals surface area contributed by atoms with Gasteiger partial charge in [-0.25, -0.2) is 0 Å². The Hall–Kier alpha value is -1.94. The highest BCUT2D eigenvalue weighted by Crippen LogP contribution is 2.31. The zero-order valence-electron chi connectivity index (χ0n) is 12.4. The second kappa shape index (κ2) is 6.22. The molecule has 0 bridgehead atoms. The topological polar surface area (TPSA) is 57.2 Å². The van der Waals surface area contributed by atoms with Crippen LogP contribution in [0, 0.1) is 0 Å². The minimum absolute atomic E-state index is 0.0527. The van der Waals surface area contributed by atoms with E-state index in [0.29, 0.717) is 10.8 Å². The molecule has 2 N–H and O–H groups in total. The van der Waals surface area contributed by atoms with Crippen molar-refractivity contribution < 1.29 is 4.74 Å². The van der Waals surface area contributed by atoms with Crippen molar-refractivity contribution in [3.63, 3.8) is 0 Å². The molecule has 0 aliphatic rings. The Kier molecular flexibility index (Phi) is 4.58. The molecule has 1 unspecified atom stereocenters. The molecule has 2 aromatic rings. The van der Waals surface area contributed by atoms with Gasteiger partial charge in [0.1, 0.15) is 5.75 Å². The van der Waals surface area contributed by atoms with Gasteiger partial charge in [0, 0.05) is 6.04 Å². The third-order valence-electron chi connectivity index (χ3n) is 3.63. The summed E-state index contributed by atoms with van der Waals surface area (Å²) in [5.41, 5.74) is 7.49. The van der Waals surface area contributed by atoms with Crippen molar-refractivity contribution >= 4 is 17.3 Å². The first-order chi connectivity index (χ1) is 9.99. The summed E-state index contributed by atoms with van der Waals surface area (Å²) in [4.78, 5) is 12.4. The Morgan fingerprint density at radius 1 is 1.33 bits per heavy atom. The molecule has 0 aliphatic heterocycles. The Labute approximate surface area is 129 Å². The molecule has 1 aromatic heterocycles. The number of anilines is 1. The van der Waals surface area contributed by atoms with Crippen LogP contribution in [0.15, 0.2) is 35.1 Å². The van der Waals surface area contributed by atoms with Crippen molar-refractivity contribution in [2.24, 2.45) is 0 Å². The molecule has 2 rings (SSSR count). The van der Waals surface area contributed by atoms with Crippen molar-refractivity contribution in [1.29, 1.82) is 0 Å². The lowest BCUT2D eigenvalue weighted by Crippen LogP contribution is -2.26. The normalized spacial score (nSPS) is 12.2. The molecule has 0 aliphatic carbocycles. The first-order valence-corrected chi connectivity index (χ1v) is 7.22. The van der Waals surface area contributed by atoms with E-state index in [9.17, 15) is 4.79 Å². The van der Waals surface area contributed by atoms with Gasteiger partial charge in [-0.15, -0.1) is 0 Å². The van der Waals surface area contributed by atoms with Gasteiger partial charge in [-0.3, -0.25) is 4.79 Å². The smallest absolute Gasteiger partial charge is 0.274 e. The second-order valence-electron chi connectivity index (χ2n) is 4.96. The summed E-state index contributed by atoms with van der Waals surface area (Å²) in [7, 11) is 1.57. The van der Waals surface area contributed by atoms with Crippen LogP contribution < -0.4 is 16.0 Å². The molecule has 1 heterocycles. The average Bonchev–Trinajstić information content (AvgIpc) is 2.49. The van der Waals surface area contributed by atoms with E-state index in [1.165, 1.54) is 0 Å². The Bertz CT molecular complexity index is 710. The van der Waals surface area contributed by atoms with Gasteiger partial charge in [0.25, 0.3) is 5.56 Å². The van der Waals surface area contributed by atoms with E-state index in [1.54, 1.807) is 29.9 Å². The second-order valence-corrected chi connectivity index (χ2v) is 5.36. The molecule has 4 nitrogen and oxygen atoms in total. The number of nitrogens with zero attached hydrogens (tertiary/aromatic N) is 1. The van der Waals surface area contributed by atoms with Crippen LogP contribution >= 0.6 is 11.6 Å². The fourth-order valence-electron chi connectivity index (χ4n) is 2.25. The van der Waals surface area contributed by atoms with E-state index < -0.39 is 0 Å². The van der Waals surface area contributed by atoms with E-state index >= 15 is 0 Å². The van der Waals surface area contributed by atoms with Gasteiger partial charge in [-0.2, -0.15) is 0 Å². The highest BCUT2D eigenvalue weighted by Gasteiger charge is 2.14. The molecule has 1 aromatic carbocycles. The summed E-state index contributed by atoms with van der Waals surface area (Å²) in [5.74, 6) is 0.605. The maximum absolute atomic E-state index is 12.4. The van der Waals surface area contributed by atoms with E-state index in [-0.39, 0.29) is 17.3 Å².